The van der Waals surface area contributed by atoms with E-state index in [1.807, 2.05) is 22.9 Å². The van der Waals surface area contributed by atoms with Gasteiger partial charge in [-0.3, -0.25) is 4.79 Å². The summed E-state index contributed by atoms with van der Waals surface area (Å²) in [6.45, 7) is -0.250. The molecule has 1 heterocycles. The van der Waals surface area contributed by atoms with Crippen molar-refractivity contribution in [3.05, 3.63) is 22.9 Å². The van der Waals surface area contributed by atoms with Gasteiger partial charge in [0, 0.05) is 0 Å². The average molecular weight is 138 g/mol. The fraction of sp³-hybridized carbons (Fsp3) is 0. The molecule has 0 unspecified atom stereocenters. The Hall–Kier alpha value is -0.233. The largest absolute Gasteiger partial charge is 1.00 e. The SMILES string of the molecule is O=CO.[H-].[Li+].c1ccsc1. The molecule has 2 nitrogen and oxygen atoms in total. The molecular weight excluding hydrogens is 131 g/mol. The van der Waals surface area contributed by atoms with Gasteiger partial charge in [-0.25, -0.2) is 0 Å². The Morgan fingerprint density at radius 1 is 1.44 bits per heavy atom. The fourth-order valence-corrected chi connectivity index (χ4v) is 0.680. The van der Waals surface area contributed by atoms with Crippen molar-refractivity contribution >= 4 is 17.8 Å². The summed E-state index contributed by atoms with van der Waals surface area (Å²) in [5.41, 5.74) is 0. The van der Waals surface area contributed by atoms with Crippen LogP contribution in [0.4, 0.5) is 0 Å². The zero-order chi connectivity index (χ0) is 6.24. The van der Waals surface area contributed by atoms with Crippen LogP contribution in [-0.2, 0) is 4.79 Å². The van der Waals surface area contributed by atoms with Crippen molar-refractivity contribution in [3.63, 3.8) is 0 Å². The third kappa shape index (κ3) is 11.4. The van der Waals surface area contributed by atoms with Gasteiger partial charge in [0.25, 0.3) is 6.47 Å². The molecule has 0 atom stereocenters. The minimum absolute atomic E-state index is 0. The molecule has 1 aromatic heterocycles. The number of thiophene rings is 1. The summed E-state index contributed by atoms with van der Waals surface area (Å²) in [4.78, 5) is 8.36. The minimum atomic E-state index is -0.250. The summed E-state index contributed by atoms with van der Waals surface area (Å²) >= 11 is 1.71. The number of hydrogen-bond donors (Lipinski definition) is 1. The predicted molar refractivity (Wildman–Crippen MR) is 34.1 cm³/mol. The second kappa shape index (κ2) is 10.7. The molecule has 1 rings (SSSR count). The van der Waals surface area contributed by atoms with Gasteiger partial charge in [-0.05, 0) is 10.8 Å². The zero-order valence-electron chi connectivity index (χ0n) is 6.15. The third-order valence-electron chi connectivity index (χ3n) is 0.425. The molecular formula is C5H7LiO2S. The Bertz CT molecular complexity index is 106. The smallest absolute Gasteiger partial charge is 1.00 e. The molecule has 0 saturated carbocycles. The van der Waals surface area contributed by atoms with Gasteiger partial charge >= 0.3 is 18.9 Å². The minimum Gasteiger partial charge on any atom is -1.00 e. The van der Waals surface area contributed by atoms with Crippen molar-refractivity contribution in [1.29, 1.82) is 0 Å². The van der Waals surface area contributed by atoms with E-state index in [0.717, 1.165) is 0 Å². The first-order valence-corrected chi connectivity index (χ1v) is 2.91. The van der Waals surface area contributed by atoms with Gasteiger partial charge in [-0.1, -0.05) is 12.1 Å². The van der Waals surface area contributed by atoms with E-state index in [-0.39, 0.29) is 26.8 Å². The molecule has 9 heavy (non-hydrogen) atoms. The van der Waals surface area contributed by atoms with Crippen LogP contribution in [0.15, 0.2) is 22.9 Å². The van der Waals surface area contributed by atoms with E-state index in [2.05, 4.69) is 0 Å². The first-order valence-electron chi connectivity index (χ1n) is 1.97. The van der Waals surface area contributed by atoms with E-state index in [1.165, 1.54) is 0 Å². The summed E-state index contributed by atoms with van der Waals surface area (Å²) in [5.74, 6) is 0. The topological polar surface area (TPSA) is 37.3 Å². The Balaban J connectivity index is -0.0000000900. The molecule has 0 saturated heterocycles. The Morgan fingerprint density at radius 3 is 1.89 bits per heavy atom. The van der Waals surface area contributed by atoms with Gasteiger partial charge in [-0.15, -0.1) is 0 Å². The standard InChI is InChI=1S/C4H4S.CH2O2.Li.H/c1-2-4-5-3-1;2-1-3;;/h1-4H;1H,(H,2,3);;/q;;+1;-1. The number of hydrogen-bond acceptors (Lipinski definition) is 2. The maximum Gasteiger partial charge on any atom is 1.00 e. The first kappa shape index (κ1) is 11.5. The Labute approximate surface area is 71.2 Å². The van der Waals surface area contributed by atoms with E-state index < -0.39 is 0 Å². The summed E-state index contributed by atoms with van der Waals surface area (Å²) in [5, 5.41) is 11.0. The second-order valence-corrected chi connectivity index (χ2v) is 1.72. The van der Waals surface area contributed by atoms with Crippen molar-refractivity contribution in [2.24, 2.45) is 0 Å². The maximum absolute atomic E-state index is 8.36. The van der Waals surface area contributed by atoms with Gasteiger partial charge in [0.1, 0.15) is 0 Å². The molecule has 0 aliphatic heterocycles. The van der Waals surface area contributed by atoms with Crippen molar-refractivity contribution in [2.75, 3.05) is 0 Å². The van der Waals surface area contributed by atoms with Gasteiger partial charge < -0.3 is 6.53 Å². The van der Waals surface area contributed by atoms with Crippen LogP contribution in [0, 0.1) is 0 Å². The van der Waals surface area contributed by atoms with Crippen LogP contribution in [0.3, 0.4) is 0 Å². The van der Waals surface area contributed by atoms with Crippen molar-refractivity contribution in [2.45, 2.75) is 0 Å². The monoisotopic (exact) mass is 138 g/mol. The Kier molecular flexibility index (Phi) is 13.7. The first-order chi connectivity index (χ1) is 3.91. The summed E-state index contributed by atoms with van der Waals surface area (Å²) < 4.78 is 0. The second-order valence-electron chi connectivity index (χ2n) is 0.899. The van der Waals surface area contributed by atoms with E-state index in [9.17, 15) is 0 Å². The van der Waals surface area contributed by atoms with E-state index >= 15 is 0 Å². The van der Waals surface area contributed by atoms with Crippen LogP contribution in [0.5, 0.6) is 0 Å². The molecule has 0 spiro atoms. The van der Waals surface area contributed by atoms with Crippen molar-refractivity contribution < 1.29 is 30.2 Å². The van der Waals surface area contributed by atoms with Crippen LogP contribution < -0.4 is 18.9 Å². The number of carboxylic acid groups (broad SMARTS) is 1. The van der Waals surface area contributed by atoms with Gasteiger partial charge in [-0.2, -0.15) is 11.3 Å². The zero-order valence-corrected chi connectivity index (χ0v) is 5.97. The Morgan fingerprint density at radius 2 is 1.78 bits per heavy atom. The van der Waals surface area contributed by atoms with Gasteiger partial charge in [0.05, 0.1) is 0 Å². The summed E-state index contributed by atoms with van der Waals surface area (Å²) in [6, 6.07) is 4.04. The number of carbonyl (C=O) groups is 1. The van der Waals surface area contributed by atoms with Crippen LogP contribution in [0.25, 0.3) is 0 Å². The van der Waals surface area contributed by atoms with Crippen LogP contribution >= 0.6 is 11.3 Å². The predicted octanol–water partition coefficient (Wildman–Crippen LogP) is -1.43. The molecule has 0 radical (unpaired) electrons. The molecule has 0 aliphatic rings. The molecule has 46 valence electrons. The van der Waals surface area contributed by atoms with Crippen molar-refractivity contribution in [1.82, 2.24) is 0 Å². The summed E-state index contributed by atoms with van der Waals surface area (Å²) in [7, 11) is 0. The molecule has 0 aromatic carbocycles. The molecule has 0 aliphatic carbocycles. The van der Waals surface area contributed by atoms with Crippen LogP contribution in [-0.4, -0.2) is 11.6 Å². The van der Waals surface area contributed by atoms with E-state index in [1.54, 1.807) is 11.3 Å². The van der Waals surface area contributed by atoms with Crippen LogP contribution in [0.1, 0.15) is 1.43 Å². The fourth-order valence-electron chi connectivity index (χ4n) is 0.227. The molecule has 0 bridgehead atoms. The van der Waals surface area contributed by atoms with Crippen LogP contribution in [0.2, 0.25) is 0 Å². The number of rotatable bonds is 0. The van der Waals surface area contributed by atoms with Gasteiger partial charge in [0.2, 0.25) is 0 Å². The molecule has 1 N–H and O–H groups in total. The molecule has 0 fully saturated rings. The van der Waals surface area contributed by atoms with Crippen molar-refractivity contribution in [3.8, 4) is 0 Å². The average Bonchev–Trinajstić information content (AvgIpc) is 2.17. The summed E-state index contributed by atoms with van der Waals surface area (Å²) in [6.07, 6.45) is 0. The van der Waals surface area contributed by atoms with E-state index in [4.69, 9.17) is 9.90 Å². The normalized spacial score (nSPS) is 5.78. The van der Waals surface area contributed by atoms with E-state index in [0.29, 0.717) is 0 Å². The maximum atomic E-state index is 8.36. The molecule has 4 heteroatoms. The van der Waals surface area contributed by atoms with Gasteiger partial charge in [0.15, 0.2) is 0 Å². The third-order valence-corrected chi connectivity index (χ3v) is 1.05. The molecule has 0 amide bonds. The molecule has 1 aromatic rings. The quantitative estimate of drug-likeness (QED) is 0.352.